The molecule has 1 aromatic carbocycles. The van der Waals surface area contributed by atoms with Crippen LogP contribution in [0.1, 0.15) is 24.8 Å². The summed E-state index contributed by atoms with van der Waals surface area (Å²) in [6, 6.07) is 7.39. The van der Waals surface area contributed by atoms with Crippen LogP contribution in [0.3, 0.4) is 0 Å². The van der Waals surface area contributed by atoms with Crippen LogP contribution in [0.4, 0.5) is 0 Å². The lowest BCUT2D eigenvalue weighted by Gasteiger charge is -2.11. The second kappa shape index (κ2) is 5.32. The molecule has 1 aromatic rings. The Morgan fingerprint density at radius 3 is 2.71 bits per heavy atom. The molecule has 0 aromatic heterocycles. The molecule has 1 fully saturated rings. The second-order valence-corrected chi connectivity index (χ2v) is 5.31. The van der Waals surface area contributed by atoms with Gasteiger partial charge in [0.1, 0.15) is 6.61 Å². The largest absolute Gasteiger partial charge is 0.461 e. The molecule has 2 nitrogen and oxygen atoms in total. The third kappa shape index (κ3) is 3.39. The van der Waals surface area contributed by atoms with Gasteiger partial charge in [0, 0.05) is 10.6 Å². The van der Waals surface area contributed by atoms with Gasteiger partial charge in [-0.1, -0.05) is 29.8 Å². The maximum atomic E-state index is 11.6. The number of esters is 1. The fraction of sp³-hybridized carbons (Fsp3) is 0.462. The number of hydrogen-bond acceptors (Lipinski definition) is 3. The van der Waals surface area contributed by atoms with Gasteiger partial charge in [0.25, 0.3) is 0 Å². The van der Waals surface area contributed by atoms with Gasteiger partial charge >= 0.3 is 5.97 Å². The molecule has 0 unspecified atom stereocenters. The van der Waals surface area contributed by atoms with E-state index < -0.39 is 0 Å². The van der Waals surface area contributed by atoms with Gasteiger partial charge in [0.2, 0.25) is 0 Å². The Bertz CT molecular complexity index is 416. The molecule has 0 saturated heterocycles. The average molecular weight is 271 g/mol. The highest BCUT2D eigenvalue weighted by atomic mass is 35.5. The molecule has 2 rings (SSSR count). The Morgan fingerprint density at radius 2 is 2.12 bits per heavy atom. The highest BCUT2D eigenvalue weighted by Crippen LogP contribution is 2.49. The third-order valence-electron chi connectivity index (χ3n) is 3.16. The van der Waals surface area contributed by atoms with E-state index in [4.69, 9.17) is 16.3 Å². The van der Waals surface area contributed by atoms with Crippen LogP contribution in [0.15, 0.2) is 24.3 Å². The van der Waals surface area contributed by atoms with Crippen LogP contribution < -0.4 is 0 Å². The number of halogens is 1. The van der Waals surface area contributed by atoms with Crippen LogP contribution in [0, 0.1) is 5.41 Å². The van der Waals surface area contributed by atoms with Gasteiger partial charge in [-0.15, -0.1) is 0 Å². The van der Waals surface area contributed by atoms with Gasteiger partial charge in [0.15, 0.2) is 0 Å². The van der Waals surface area contributed by atoms with Crippen LogP contribution >= 0.6 is 24.2 Å². The van der Waals surface area contributed by atoms with E-state index in [0.29, 0.717) is 11.4 Å². The third-order valence-corrected chi connectivity index (χ3v) is 4.20. The second-order valence-electron chi connectivity index (χ2n) is 4.59. The van der Waals surface area contributed by atoms with Gasteiger partial charge in [0.05, 0.1) is 6.42 Å². The van der Waals surface area contributed by atoms with E-state index in [9.17, 15) is 4.79 Å². The molecule has 1 aliphatic rings. The molecule has 0 amide bonds. The zero-order valence-corrected chi connectivity index (χ0v) is 11.1. The normalized spacial score (nSPS) is 16.6. The van der Waals surface area contributed by atoms with Gasteiger partial charge in [-0.25, -0.2) is 0 Å². The van der Waals surface area contributed by atoms with Gasteiger partial charge < -0.3 is 4.74 Å². The number of carbonyl (C=O) groups excluding carboxylic acids is 1. The Morgan fingerprint density at radius 1 is 1.41 bits per heavy atom. The zero-order valence-electron chi connectivity index (χ0n) is 9.49. The van der Waals surface area contributed by atoms with Gasteiger partial charge in [-0.2, -0.15) is 12.6 Å². The fourth-order valence-electron chi connectivity index (χ4n) is 1.70. The summed E-state index contributed by atoms with van der Waals surface area (Å²) in [6.45, 7) is 0.251. The lowest BCUT2D eigenvalue weighted by atomic mass is 10.1. The highest BCUT2D eigenvalue weighted by Gasteiger charge is 2.43. The Balaban J connectivity index is 1.82. The maximum absolute atomic E-state index is 11.6. The van der Waals surface area contributed by atoms with Crippen molar-refractivity contribution in [2.24, 2.45) is 5.41 Å². The summed E-state index contributed by atoms with van der Waals surface area (Å²) in [5.74, 6) is 0.602. The van der Waals surface area contributed by atoms with Gasteiger partial charge in [-0.3, -0.25) is 4.79 Å². The molecule has 0 spiro atoms. The molecule has 17 heavy (non-hydrogen) atoms. The van der Waals surface area contributed by atoms with Crippen LogP contribution in [-0.2, 0) is 16.1 Å². The summed E-state index contributed by atoms with van der Waals surface area (Å²) in [5.41, 5.74) is 0.957. The molecule has 0 radical (unpaired) electrons. The number of thiol groups is 1. The smallest absolute Gasteiger partial charge is 0.306 e. The van der Waals surface area contributed by atoms with Crippen molar-refractivity contribution in [3.63, 3.8) is 0 Å². The summed E-state index contributed by atoms with van der Waals surface area (Å²) in [4.78, 5) is 11.6. The first-order valence-electron chi connectivity index (χ1n) is 5.65. The van der Waals surface area contributed by atoms with E-state index in [1.807, 2.05) is 18.2 Å². The van der Waals surface area contributed by atoms with E-state index in [1.54, 1.807) is 6.07 Å². The van der Waals surface area contributed by atoms with Crippen LogP contribution in [0.5, 0.6) is 0 Å². The summed E-state index contributed by atoms with van der Waals surface area (Å²) in [6.07, 6.45) is 2.64. The minimum absolute atomic E-state index is 0.112. The molecular formula is C13H15ClO2S. The molecule has 4 heteroatoms. The van der Waals surface area contributed by atoms with Crippen molar-refractivity contribution in [1.29, 1.82) is 0 Å². The number of ether oxygens (including phenoxy) is 1. The van der Waals surface area contributed by atoms with E-state index in [2.05, 4.69) is 12.6 Å². The SMILES string of the molecule is O=C(CC1(CS)CC1)OCc1ccccc1Cl. The number of benzene rings is 1. The first-order valence-corrected chi connectivity index (χ1v) is 6.66. The quantitative estimate of drug-likeness (QED) is 0.655. The molecular weight excluding hydrogens is 256 g/mol. The lowest BCUT2D eigenvalue weighted by Crippen LogP contribution is -2.13. The van der Waals surface area contributed by atoms with Gasteiger partial charge in [-0.05, 0) is 30.1 Å². The first-order chi connectivity index (χ1) is 8.15. The van der Waals surface area contributed by atoms with Crippen molar-refractivity contribution >= 4 is 30.2 Å². The van der Waals surface area contributed by atoms with Crippen molar-refractivity contribution < 1.29 is 9.53 Å². The lowest BCUT2D eigenvalue weighted by molar-refractivity contribution is -0.146. The van der Waals surface area contributed by atoms with Crippen molar-refractivity contribution in [1.82, 2.24) is 0 Å². The summed E-state index contributed by atoms with van der Waals surface area (Å²) in [7, 11) is 0. The minimum atomic E-state index is -0.156. The van der Waals surface area contributed by atoms with Crippen LogP contribution in [0.2, 0.25) is 5.02 Å². The van der Waals surface area contributed by atoms with Crippen molar-refractivity contribution in [3.8, 4) is 0 Å². The van der Waals surface area contributed by atoms with Crippen LogP contribution in [-0.4, -0.2) is 11.7 Å². The predicted molar refractivity (Wildman–Crippen MR) is 71.4 cm³/mol. The summed E-state index contributed by atoms with van der Waals surface area (Å²) >= 11 is 10.2. The molecule has 0 N–H and O–H groups in total. The standard InChI is InChI=1S/C13H15ClO2S/c14-11-4-2-1-3-10(11)8-16-12(15)7-13(9-17)5-6-13/h1-4,17H,5-9H2. The predicted octanol–water partition coefficient (Wildman–Crippen LogP) is 3.48. The van der Waals surface area contributed by atoms with E-state index in [1.165, 1.54) is 0 Å². The highest BCUT2D eigenvalue weighted by molar-refractivity contribution is 7.80. The number of carbonyl (C=O) groups is 1. The maximum Gasteiger partial charge on any atom is 0.306 e. The van der Waals surface area contributed by atoms with Crippen molar-refractivity contribution in [2.75, 3.05) is 5.75 Å². The Kier molecular flexibility index (Phi) is 4.00. The fourth-order valence-corrected chi connectivity index (χ4v) is 2.32. The monoisotopic (exact) mass is 270 g/mol. The molecule has 0 atom stereocenters. The zero-order chi connectivity index (χ0) is 12.3. The topological polar surface area (TPSA) is 26.3 Å². The summed E-state index contributed by atoms with van der Waals surface area (Å²) < 4.78 is 5.23. The van der Waals surface area contributed by atoms with E-state index in [-0.39, 0.29) is 18.0 Å². The molecule has 0 aliphatic heterocycles. The van der Waals surface area contributed by atoms with Crippen molar-refractivity contribution in [2.45, 2.75) is 25.9 Å². The minimum Gasteiger partial charge on any atom is -0.461 e. The molecule has 0 bridgehead atoms. The average Bonchev–Trinajstić information content (AvgIpc) is 3.08. The Labute approximate surface area is 112 Å². The Hall–Kier alpha value is -0.670. The van der Waals surface area contributed by atoms with Crippen LogP contribution in [0.25, 0.3) is 0 Å². The molecule has 1 aliphatic carbocycles. The molecule has 0 heterocycles. The number of hydrogen-bond donors (Lipinski definition) is 1. The van der Waals surface area contributed by atoms with Crippen molar-refractivity contribution in [3.05, 3.63) is 34.9 Å². The van der Waals surface area contributed by atoms with E-state index >= 15 is 0 Å². The molecule has 1 saturated carbocycles. The first kappa shape index (κ1) is 12.8. The number of rotatable bonds is 5. The summed E-state index contributed by atoms with van der Waals surface area (Å²) in [5, 5.41) is 0.635. The van der Waals surface area contributed by atoms with E-state index in [0.717, 1.165) is 24.2 Å². The molecule has 92 valence electrons.